The van der Waals surface area contributed by atoms with Gasteiger partial charge in [0.15, 0.2) is 0 Å². The third kappa shape index (κ3) is 4.88. The van der Waals surface area contributed by atoms with Gasteiger partial charge in [-0.1, -0.05) is 11.6 Å². The minimum atomic E-state index is -1.05. The predicted molar refractivity (Wildman–Crippen MR) is 151 cm³/mol. The van der Waals surface area contributed by atoms with Crippen molar-refractivity contribution in [3.05, 3.63) is 79.6 Å². The van der Waals surface area contributed by atoms with Gasteiger partial charge in [0.25, 0.3) is 5.56 Å². The summed E-state index contributed by atoms with van der Waals surface area (Å²) in [4.78, 5) is 38.4. The van der Waals surface area contributed by atoms with E-state index in [9.17, 15) is 20.0 Å². The second-order valence-corrected chi connectivity index (χ2v) is 10.2. The number of ether oxygens (including phenoxy) is 2. The lowest BCUT2D eigenvalue weighted by molar-refractivity contribution is 0.0699. The van der Waals surface area contributed by atoms with Gasteiger partial charge in [0.05, 0.1) is 57.3 Å². The van der Waals surface area contributed by atoms with E-state index in [0.29, 0.717) is 49.3 Å². The van der Waals surface area contributed by atoms with Crippen LogP contribution in [0.25, 0.3) is 32.2 Å². The number of hydrogen-bond acceptors (Lipinski definition) is 9. The molecule has 0 amide bonds. The molecule has 5 aromatic rings. The highest BCUT2D eigenvalue weighted by Crippen LogP contribution is 2.40. The van der Waals surface area contributed by atoms with Crippen molar-refractivity contribution in [1.82, 2.24) is 19.5 Å². The monoisotopic (exact) mass is 575 g/mol. The maximum atomic E-state index is 13.5. The van der Waals surface area contributed by atoms with Crippen molar-refractivity contribution >= 4 is 50.0 Å². The molecule has 0 unspecified atom stereocenters. The van der Waals surface area contributed by atoms with Gasteiger partial charge in [0.1, 0.15) is 24.3 Å². The van der Waals surface area contributed by atoms with Gasteiger partial charge in [0, 0.05) is 34.3 Å². The average molecular weight is 576 g/mol. The molecule has 0 radical (unpaired) electrons. The average Bonchev–Trinajstić information content (AvgIpc) is 3.35. The van der Waals surface area contributed by atoms with Crippen LogP contribution in [0, 0.1) is 25.2 Å². The quantitative estimate of drug-likeness (QED) is 0.266. The number of carboxylic acids is 1. The molecule has 12 heteroatoms. The van der Waals surface area contributed by atoms with Crippen molar-refractivity contribution in [2.75, 3.05) is 13.7 Å². The Morgan fingerprint density at radius 1 is 1.23 bits per heavy atom. The minimum absolute atomic E-state index is 0.0918. The lowest BCUT2D eigenvalue weighted by Gasteiger charge is -2.16. The minimum Gasteiger partial charge on any atom is -0.491 e. The summed E-state index contributed by atoms with van der Waals surface area (Å²) in [5.74, 6) is -0.0912. The van der Waals surface area contributed by atoms with Crippen molar-refractivity contribution in [3.63, 3.8) is 0 Å². The van der Waals surface area contributed by atoms with Gasteiger partial charge in [-0.05, 0) is 38.1 Å². The first-order chi connectivity index (χ1) is 19.2. The summed E-state index contributed by atoms with van der Waals surface area (Å²) < 4.78 is 13.4. The van der Waals surface area contributed by atoms with Crippen LogP contribution in [0.1, 0.15) is 33.1 Å². The van der Waals surface area contributed by atoms with Crippen LogP contribution in [0.15, 0.2) is 40.6 Å². The molecule has 0 atom stereocenters. The number of halogens is 1. The highest BCUT2D eigenvalue weighted by molar-refractivity contribution is 7.18. The number of hydrogen-bond donors (Lipinski definition) is 1. The number of aromatic carboxylic acids is 1. The predicted octanol–water partition coefficient (Wildman–Crippen LogP) is 5.13. The number of pyridine rings is 2. The highest BCUT2D eigenvalue weighted by atomic mass is 35.5. The molecule has 5 rings (SSSR count). The number of aromatic nitrogens is 4. The topological polar surface area (TPSA) is 140 Å². The molecule has 1 aromatic carbocycles. The fourth-order valence-corrected chi connectivity index (χ4v) is 5.75. The van der Waals surface area contributed by atoms with E-state index in [4.69, 9.17) is 21.1 Å². The molecule has 4 aromatic heterocycles. The number of benzene rings is 1. The molecular formula is C28H22ClN5O5S. The van der Waals surface area contributed by atoms with Crippen LogP contribution in [0.2, 0.25) is 5.02 Å². The smallest absolute Gasteiger partial charge is 0.338 e. The number of aryl methyl sites for hydroxylation is 2. The van der Waals surface area contributed by atoms with E-state index in [0.717, 1.165) is 5.56 Å². The van der Waals surface area contributed by atoms with Crippen LogP contribution in [0.4, 0.5) is 0 Å². The first kappa shape index (κ1) is 27.2. The molecule has 0 aliphatic heterocycles. The van der Waals surface area contributed by atoms with Crippen molar-refractivity contribution in [2.24, 2.45) is 0 Å². The van der Waals surface area contributed by atoms with E-state index in [1.807, 2.05) is 6.07 Å². The number of carboxylic acid groups (broad SMARTS) is 1. The van der Waals surface area contributed by atoms with E-state index >= 15 is 0 Å². The second kappa shape index (κ2) is 11.0. The van der Waals surface area contributed by atoms with Gasteiger partial charge in [-0.15, -0.1) is 11.3 Å². The fraction of sp³-hybridized carbons (Fsp3) is 0.214. The molecule has 0 saturated heterocycles. The second-order valence-electron chi connectivity index (χ2n) is 8.93. The van der Waals surface area contributed by atoms with Crippen LogP contribution in [-0.4, -0.2) is 44.3 Å². The molecule has 10 nitrogen and oxygen atoms in total. The molecular weight excluding hydrogens is 554 g/mol. The zero-order chi connectivity index (χ0) is 28.6. The molecule has 202 valence electrons. The molecule has 0 spiro atoms. The first-order valence-corrected chi connectivity index (χ1v) is 13.3. The Hall–Kier alpha value is -4.37. The van der Waals surface area contributed by atoms with E-state index < -0.39 is 5.97 Å². The van der Waals surface area contributed by atoms with Gasteiger partial charge < -0.3 is 14.6 Å². The number of methoxy groups -OCH3 is 1. The molecule has 40 heavy (non-hydrogen) atoms. The van der Waals surface area contributed by atoms with E-state index in [2.05, 4.69) is 21.0 Å². The summed E-state index contributed by atoms with van der Waals surface area (Å²) in [6.45, 7) is 3.86. The Morgan fingerprint density at radius 3 is 2.75 bits per heavy atom. The number of nitriles is 1. The molecule has 0 saturated carbocycles. The van der Waals surface area contributed by atoms with Gasteiger partial charge in [-0.2, -0.15) is 5.26 Å². The van der Waals surface area contributed by atoms with Crippen molar-refractivity contribution in [2.45, 2.75) is 27.0 Å². The number of rotatable bonds is 8. The van der Waals surface area contributed by atoms with Gasteiger partial charge in [0.2, 0.25) is 0 Å². The third-order valence-electron chi connectivity index (χ3n) is 6.35. The SMILES string of the molecule is COCc1ncc2nc(C)n(CCOc3ccc(Cl)cc3-c3cc(C)nc4c(C(=O)O)csc34)c(=O)c2c1C#N. The summed E-state index contributed by atoms with van der Waals surface area (Å²) in [5.41, 5.74) is 3.07. The number of fused-ring (bicyclic) bond motifs is 2. The van der Waals surface area contributed by atoms with E-state index in [-0.39, 0.29) is 41.8 Å². The lowest BCUT2D eigenvalue weighted by Crippen LogP contribution is -2.27. The van der Waals surface area contributed by atoms with Crippen molar-refractivity contribution in [1.29, 1.82) is 5.26 Å². The summed E-state index contributed by atoms with van der Waals surface area (Å²) in [6, 6.07) is 9.11. The van der Waals surface area contributed by atoms with Crippen molar-refractivity contribution < 1.29 is 19.4 Å². The third-order valence-corrected chi connectivity index (χ3v) is 7.59. The standard InChI is InChI=1S/C28H22ClN5O5S/c1-14-8-18(26-25(32-14)20(13-40-26)28(36)37)17-9-16(29)4-5-23(17)39-7-6-34-15(2)33-21-11-31-22(12-38-3)19(10-30)24(21)27(34)35/h4-5,8-9,11,13H,6-7,12H2,1-3H3,(H,36,37). The Bertz CT molecular complexity index is 1910. The largest absolute Gasteiger partial charge is 0.491 e. The number of thiophene rings is 1. The maximum Gasteiger partial charge on any atom is 0.338 e. The Balaban J connectivity index is 1.51. The summed E-state index contributed by atoms with van der Waals surface area (Å²) in [7, 11) is 1.49. The lowest BCUT2D eigenvalue weighted by atomic mass is 10.0. The zero-order valence-corrected chi connectivity index (χ0v) is 23.3. The molecule has 0 bridgehead atoms. The maximum absolute atomic E-state index is 13.5. The Morgan fingerprint density at radius 2 is 2.02 bits per heavy atom. The molecule has 0 aliphatic carbocycles. The van der Waals surface area contributed by atoms with Gasteiger partial charge >= 0.3 is 5.97 Å². The van der Waals surface area contributed by atoms with E-state index in [1.54, 1.807) is 37.4 Å². The van der Waals surface area contributed by atoms with Crippen LogP contribution in [0.5, 0.6) is 5.75 Å². The fourth-order valence-electron chi connectivity index (χ4n) is 4.56. The van der Waals surface area contributed by atoms with Crippen LogP contribution >= 0.6 is 22.9 Å². The molecule has 1 N–H and O–H groups in total. The Kier molecular flexibility index (Phi) is 7.49. The molecule has 0 fully saturated rings. The number of carbonyl (C=O) groups is 1. The first-order valence-electron chi connectivity index (χ1n) is 12.1. The Labute approximate surface area is 237 Å². The number of nitrogens with zero attached hydrogens (tertiary/aromatic N) is 5. The van der Waals surface area contributed by atoms with Crippen LogP contribution in [0.3, 0.4) is 0 Å². The zero-order valence-electron chi connectivity index (χ0n) is 21.7. The highest BCUT2D eigenvalue weighted by Gasteiger charge is 2.20. The summed E-state index contributed by atoms with van der Waals surface area (Å²) in [6.07, 6.45) is 1.47. The molecule has 0 aliphatic rings. The van der Waals surface area contributed by atoms with Gasteiger partial charge in [-0.25, -0.2) is 9.78 Å². The van der Waals surface area contributed by atoms with Crippen LogP contribution < -0.4 is 10.3 Å². The normalized spacial score (nSPS) is 11.2. The van der Waals surface area contributed by atoms with Gasteiger partial charge in [-0.3, -0.25) is 19.3 Å². The van der Waals surface area contributed by atoms with Crippen LogP contribution in [-0.2, 0) is 17.9 Å². The summed E-state index contributed by atoms with van der Waals surface area (Å²) in [5, 5.41) is 21.6. The van der Waals surface area contributed by atoms with E-state index in [1.165, 1.54) is 29.2 Å². The molecule has 4 heterocycles. The summed E-state index contributed by atoms with van der Waals surface area (Å²) >= 11 is 7.63. The van der Waals surface area contributed by atoms with Crippen molar-refractivity contribution in [3.8, 4) is 22.9 Å².